The summed E-state index contributed by atoms with van der Waals surface area (Å²) in [4.78, 5) is 4.04. The number of oxazole rings is 1. The third-order valence-corrected chi connectivity index (χ3v) is 4.95. The summed E-state index contributed by atoms with van der Waals surface area (Å²) in [6, 6.07) is 0. The molecule has 1 aliphatic rings. The molecule has 0 unspecified atom stereocenters. The number of sulfonamides is 1. The van der Waals surface area contributed by atoms with Crippen LogP contribution in [-0.2, 0) is 20.2 Å². The second-order valence-corrected chi connectivity index (χ2v) is 8.29. The average Bonchev–Trinajstić information content (AvgIpc) is 2.98. The van der Waals surface area contributed by atoms with Gasteiger partial charge in [-0.2, -0.15) is 0 Å². The summed E-state index contributed by atoms with van der Waals surface area (Å²) in [5.74, 6) is 0.892. The molecule has 2 atom stereocenters. The van der Waals surface area contributed by atoms with Crippen molar-refractivity contribution in [2.24, 2.45) is 5.92 Å². The van der Waals surface area contributed by atoms with Crippen LogP contribution in [-0.4, -0.2) is 32.7 Å². The topological polar surface area (TPSA) is 81.4 Å². The predicted octanol–water partition coefficient (Wildman–Crippen LogP) is 2.07. The molecule has 2 rings (SSSR count). The summed E-state index contributed by atoms with van der Waals surface area (Å²) in [6.45, 7) is 8.97. The van der Waals surface area contributed by atoms with Crippen molar-refractivity contribution in [1.29, 1.82) is 0 Å². The highest BCUT2D eigenvalue weighted by Crippen LogP contribution is 2.24. The molecule has 0 radical (unpaired) electrons. The first-order valence-corrected chi connectivity index (χ1v) is 8.76. The molecule has 7 heteroatoms. The lowest BCUT2D eigenvalue weighted by atomic mass is 9.97. The van der Waals surface area contributed by atoms with Gasteiger partial charge in [0, 0.05) is 18.6 Å². The van der Waals surface area contributed by atoms with E-state index in [0.717, 1.165) is 13.0 Å². The molecule has 0 saturated carbocycles. The third-order valence-electron chi connectivity index (χ3n) is 3.65. The van der Waals surface area contributed by atoms with Crippen LogP contribution >= 0.6 is 0 Å². The van der Waals surface area contributed by atoms with E-state index in [2.05, 4.69) is 16.6 Å². The highest BCUT2D eigenvalue weighted by molar-refractivity contribution is 7.89. The number of hydrogen-bond acceptors (Lipinski definition) is 5. The lowest BCUT2D eigenvalue weighted by Gasteiger charge is -2.14. The molecular weight excluding hydrogens is 292 g/mol. The normalized spacial score (nSPS) is 23.6. The lowest BCUT2D eigenvalue weighted by Crippen LogP contribution is -2.28. The minimum absolute atomic E-state index is 0.132. The van der Waals surface area contributed by atoms with Crippen LogP contribution < -0.4 is 4.72 Å². The first-order chi connectivity index (χ1) is 9.70. The van der Waals surface area contributed by atoms with Crippen molar-refractivity contribution in [2.45, 2.75) is 57.1 Å². The van der Waals surface area contributed by atoms with E-state index in [1.165, 1.54) is 6.20 Å². The van der Waals surface area contributed by atoms with Crippen LogP contribution in [0.15, 0.2) is 15.7 Å². The Balaban J connectivity index is 1.94. The Morgan fingerprint density at radius 1 is 1.43 bits per heavy atom. The van der Waals surface area contributed by atoms with E-state index < -0.39 is 10.0 Å². The van der Waals surface area contributed by atoms with Gasteiger partial charge in [-0.25, -0.2) is 18.1 Å². The highest BCUT2D eigenvalue weighted by atomic mass is 32.2. The van der Waals surface area contributed by atoms with Gasteiger partial charge in [0.2, 0.25) is 5.89 Å². The summed E-state index contributed by atoms with van der Waals surface area (Å²) in [5.41, 5.74) is -0.319. The molecule has 120 valence electrons. The fourth-order valence-corrected chi connectivity index (χ4v) is 3.17. The quantitative estimate of drug-likeness (QED) is 0.899. The molecule has 1 aliphatic heterocycles. The molecule has 6 nitrogen and oxygen atoms in total. The van der Waals surface area contributed by atoms with Gasteiger partial charge in [0.15, 0.2) is 0 Å². The Morgan fingerprint density at radius 2 is 2.14 bits per heavy atom. The zero-order valence-electron chi connectivity index (χ0n) is 13.0. The Kier molecular flexibility index (Phi) is 4.75. The van der Waals surface area contributed by atoms with Crippen LogP contribution in [0.1, 0.15) is 46.4 Å². The Hall–Kier alpha value is -0.920. The zero-order valence-corrected chi connectivity index (χ0v) is 13.9. The molecule has 0 spiro atoms. The van der Waals surface area contributed by atoms with Crippen LogP contribution in [0.2, 0.25) is 0 Å². The molecule has 1 aromatic heterocycles. The smallest absolute Gasteiger partial charge is 0.275 e. The predicted molar refractivity (Wildman–Crippen MR) is 78.5 cm³/mol. The average molecular weight is 316 g/mol. The molecule has 21 heavy (non-hydrogen) atoms. The summed E-state index contributed by atoms with van der Waals surface area (Å²) in [7, 11) is -3.64. The minimum atomic E-state index is -3.64. The zero-order chi connectivity index (χ0) is 15.7. The van der Waals surface area contributed by atoms with Crippen LogP contribution in [0.25, 0.3) is 0 Å². The number of nitrogens with zero attached hydrogens (tertiary/aromatic N) is 1. The molecule has 1 N–H and O–H groups in total. The largest absolute Gasteiger partial charge is 0.427 e. The molecule has 0 amide bonds. The second kappa shape index (κ2) is 6.06. The van der Waals surface area contributed by atoms with Gasteiger partial charge >= 0.3 is 0 Å². The Bertz CT molecular complexity index is 574. The van der Waals surface area contributed by atoms with Gasteiger partial charge in [-0.1, -0.05) is 27.7 Å². The summed E-state index contributed by atoms with van der Waals surface area (Å²) in [5, 5.41) is -0.132. The standard InChI is InChI=1S/C14H24N2O4S/c1-10-6-8-19-11(10)5-7-16-21(17,18)12-9-15-13(20-12)14(2,3)4/h9-11,16H,5-8H2,1-4H3/t10-,11-/m1/s1. The van der Waals surface area contributed by atoms with Gasteiger partial charge in [-0.15, -0.1) is 0 Å². The maximum atomic E-state index is 12.1. The van der Waals surface area contributed by atoms with E-state index in [-0.39, 0.29) is 16.6 Å². The minimum Gasteiger partial charge on any atom is -0.427 e. The Morgan fingerprint density at radius 3 is 2.67 bits per heavy atom. The van der Waals surface area contributed by atoms with Crippen molar-refractivity contribution >= 4 is 10.0 Å². The number of aromatic nitrogens is 1. The van der Waals surface area contributed by atoms with E-state index in [4.69, 9.17) is 9.15 Å². The van der Waals surface area contributed by atoms with E-state index in [1.54, 1.807) is 0 Å². The van der Waals surface area contributed by atoms with Crippen molar-refractivity contribution in [3.05, 3.63) is 12.1 Å². The molecular formula is C14H24N2O4S. The summed E-state index contributed by atoms with van der Waals surface area (Å²) >= 11 is 0. The van der Waals surface area contributed by atoms with Gasteiger partial charge in [0.25, 0.3) is 15.1 Å². The maximum Gasteiger partial charge on any atom is 0.275 e. The van der Waals surface area contributed by atoms with Crippen molar-refractivity contribution in [2.75, 3.05) is 13.2 Å². The van der Waals surface area contributed by atoms with Gasteiger partial charge in [-0.05, 0) is 18.8 Å². The van der Waals surface area contributed by atoms with Gasteiger partial charge in [-0.3, -0.25) is 0 Å². The molecule has 0 bridgehead atoms. The molecule has 1 fully saturated rings. The van der Waals surface area contributed by atoms with E-state index in [9.17, 15) is 8.42 Å². The van der Waals surface area contributed by atoms with Gasteiger partial charge in [0.05, 0.1) is 12.3 Å². The monoisotopic (exact) mass is 316 g/mol. The van der Waals surface area contributed by atoms with Crippen LogP contribution in [0.3, 0.4) is 0 Å². The van der Waals surface area contributed by atoms with Crippen LogP contribution in [0, 0.1) is 5.92 Å². The lowest BCUT2D eigenvalue weighted by molar-refractivity contribution is 0.0883. The number of ether oxygens (including phenoxy) is 1. The van der Waals surface area contributed by atoms with E-state index in [1.807, 2.05) is 20.8 Å². The van der Waals surface area contributed by atoms with Crippen molar-refractivity contribution < 1.29 is 17.6 Å². The Labute approximate surface area is 126 Å². The van der Waals surface area contributed by atoms with Crippen LogP contribution in [0.4, 0.5) is 0 Å². The van der Waals surface area contributed by atoms with Gasteiger partial charge < -0.3 is 9.15 Å². The maximum absolute atomic E-state index is 12.1. The van der Waals surface area contributed by atoms with Crippen LogP contribution in [0.5, 0.6) is 0 Å². The fourth-order valence-electron chi connectivity index (χ4n) is 2.26. The van der Waals surface area contributed by atoms with Crippen molar-refractivity contribution in [3.8, 4) is 0 Å². The summed E-state index contributed by atoms with van der Waals surface area (Å²) < 4.78 is 37.8. The highest BCUT2D eigenvalue weighted by Gasteiger charge is 2.27. The number of nitrogens with one attached hydrogen (secondary N) is 1. The van der Waals surface area contributed by atoms with Crippen molar-refractivity contribution in [1.82, 2.24) is 9.71 Å². The summed E-state index contributed by atoms with van der Waals surface area (Å²) in [6.07, 6.45) is 3.10. The fraction of sp³-hybridized carbons (Fsp3) is 0.786. The van der Waals surface area contributed by atoms with Gasteiger partial charge in [0.1, 0.15) is 0 Å². The van der Waals surface area contributed by atoms with E-state index >= 15 is 0 Å². The number of rotatable bonds is 5. The van der Waals surface area contributed by atoms with Crippen molar-refractivity contribution in [3.63, 3.8) is 0 Å². The second-order valence-electron chi connectivity index (χ2n) is 6.60. The SMILES string of the molecule is C[C@@H]1CCO[C@@H]1CCNS(=O)(=O)c1cnc(C(C)(C)C)o1. The first kappa shape index (κ1) is 16.5. The molecule has 2 heterocycles. The molecule has 0 aromatic carbocycles. The third kappa shape index (κ3) is 4.05. The molecule has 1 aromatic rings. The molecule has 0 aliphatic carbocycles. The first-order valence-electron chi connectivity index (χ1n) is 7.28. The molecule has 1 saturated heterocycles. The van der Waals surface area contributed by atoms with E-state index in [0.29, 0.717) is 24.8 Å². The number of hydrogen-bond donors (Lipinski definition) is 1.